The number of carbonyl (C=O) groups is 1. The van der Waals surface area contributed by atoms with E-state index in [1.165, 1.54) is 0 Å². The van der Waals surface area contributed by atoms with Crippen molar-refractivity contribution in [3.05, 3.63) is 65.2 Å². The van der Waals surface area contributed by atoms with Crippen molar-refractivity contribution in [1.82, 2.24) is 24.8 Å². The van der Waals surface area contributed by atoms with Crippen LogP contribution >= 0.6 is 11.6 Å². The van der Waals surface area contributed by atoms with Crippen LogP contribution in [0.5, 0.6) is 0 Å². The number of carbonyl (C=O) groups excluding carboxylic acids is 1. The van der Waals surface area contributed by atoms with Crippen LogP contribution in [-0.2, 0) is 17.9 Å². The molecule has 7 heteroatoms. The highest BCUT2D eigenvalue weighted by Crippen LogP contribution is 2.22. The lowest BCUT2D eigenvalue weighted by Gasteiger charge is -2.38. The minimum atomic E-state index is -0.118. The van der Waals surface area contributed by atoms with Gasteiger partial charge in [-0.15, -0.1) is 0 Å². The summed E-state index contributed by atoms with van der Waals surface area (Å²) in [5.41, 5.74) is 4.42. The second-order valence-electron chi connectivity index (χ2n) is 7.69. The Bertz CT molecular complexity index is 1130. The van der Waals surface area contributed by atoms with Gasteiger partial charge < -0.3 is 14.8 Å². The number of benzene rings is 1. The molecule has 0 aliphatic carbocycles. The highest BCUT2D eigenvalue weighted by Gasteiger charge is 2.27. The summed E-state index contributed by atoms with van der Waals surface area (Å²) in [5.74, 6) is 0. The van der Waals surface area contributed by atoms with Gasteiger partial charge in [-0.1, -0.05) is 11.6 Å². The molecule has 0 spiro atoms. The Kier molecular flexibility index (Phi) is 4.83. The summed E-state index contributed by atoms with van der Waals surface area (Å²) in [4.78, 5) is 27.4. The first-order valence-electron chi connectivity index (χ1n) is 9.78. The molecule has 148 valence electrons. The molecule has 1 unspecified atom stereocenters. The summed E-state index contributed by atoms with van der Waals surface area (Å²) < 4.78 is 0. The lowest BCUT2D eigenvalue weighted by Crippen LogP contribution is -2.53. The molecule has 1 aliphatic heterocycles. The van der Waals surface area contributed by atoms with Crippen LogP contribution in [0.1, 0.15) is 11.4 Å². The molecule has 0 amide bonds. The molecule has 5 rings (SSSR count). The summed E-state index contributed by atoms with van der Waals surface area (Å²) >= 11 is 6.09. The van der Waals surface area contributed by atoms with Crippen molar-refractivity contribution >= 4 is 39.7 Å². The molecule has 0 radical (unpaired) electrons. The van der Waals surface area contributed by atoms with E-state index in [4.69, 9.17) is 11.6 Å². The van der Waals surface area contributed by atoms with E-state index in [0.717, 1.165) is 77.2 Å². The average Bonchev–Trinajstić information content (AvgIpc) is 3.31. The minimum absolute atomic E-state index is 0.118. The lowest BCUT2D eigenvalue weighted by molar-refractivity contribution is -0.115. The Morgan fingerprint density at radius 1 is 1.03 bits per heavy atom. The predicted molar refractivity (Wildman–Crippen MR) is 115 cm³/mol. The maximum atomic E-state index is 11.8. The molecule has 1 saturated heterocycles. The number of piperazine rings is 1. The van der Waals surface area contributed by atoms with E-state index >= 15 is 0 Å². The predicted octanol–water partition coefficient (Wildman–Crippen LogP) is 3.58. The normalized spacial score (nSPS) is 18.6. The molecular formula is C22H22ClN5O. The van der Waals surface area contributed by atoms with E-state index in [1.54, 1.807) is 6.20 Å². The number of pyridine rings is 1. The molecule has 3 aromatic heterocycles. The first-order valence-corrected chi connectivity index (χ1v) is 10.2. The average molecular weight is 408 g/mol. The Morgan fingerprint density at radius 3 is 2.66 bits per heavy atom. The van der Waals surface area contributed by atoms with Gasteiger partial charge >= 0.3 is 0 Å². The fourth-order valence-corrected chi connectivity index (χ4v) is 4.38. The van der Waals surface area contributed by atoms with E-state index in [1.807, 2.05) is 30.5 Å². The Labute approximate surface area is 173 Å². The van der Waals surface area contributed by atoms with Crippen LogP contribution in [0.4, 0.5) is 0 Å². The molecule has 29 heavy (non-hydrogen) atoms. The van der Waals surface area contributed by atoms with Gasteiger partial charge in [0.1, 0.15) is 6.29 Å². The summed E-state index contributed by atoms with van der Waals surface area (Å²) in [5, 5.41) is 2.96. The van der Waals surface area contributed by atoms with Gasteiger partial charge in [-0.2, -0.15) is 0 Å². The highest BCUT2D eigenvalue weighted by atomic mass is 35.5. The topological polar surface area (TPSA) is 68.0 Å². The highest BCUT2D eigenvalue weighted by molar-refractivity contribution is 6.31. The number of aldehydes is 1. The fraction of sp³-hybridized carbons (Fsp3) is 0.273. The van der Waals surface area contributed by atoms with Crippen molar-refractivity contribution in [3.8, 4) is 0 Å². The number of hydrogen-bond donors (Lipinski definition) is 2. The number of aromatic amines is 2. The van der Waals surface area contributed by atoms with Gasteiger partial charge in [0.05, 0.1) is 6.04 Å². The Hall–Kier alpha value is -2.67. The zero-order valence-corrected chi connectivity index (χ0v) is 16.7. The summed E-state index contributed by atoms with van der Waals surface area (Å²) in [7, 11) is 0. The molecule has 1 atom stereocenters. The van der Waals surface area contributed by atoms with Gasteiger partial charge in [0, 0.05) is 83.3 Å². The number of H-pyrrole nitrogens is 2. The molecular weight excluding hydrogens is 386 g/mol. The molecule has 4 aromatic rings. The smallest absolute Gasteiger partial charge is 0.138 e. The van der Waals surface area contributed by atoms with E-state index in [2.05, 4.69) is 36.9 Å². The van der Waals surface area contributed by atoms with Crippen LogP contribution in [-0.4, -0.2) is 56.7 Å². The second kappa shape index (κ2) is 7.63. The number of nitrogens with zero attached hydrogens (tertiary/aromatic N) is 3. The van der Waals surface area contributed by atoms with Crippen molar-refractivity contribution in [2.45, 2.75) is 19.1 Å². The van der Waals surface area contributed by atoms with Gasteiger partial charge in [-0.05, 0) is 36.4 Å². The number of nitrogens with one attached hydrogen (secondary N) is 2. The third-order valence-corrected chi connectivity index (χ3v) is 5.89. The number of rotatable bonds is 5. The lowest BCUT2D eigenvalue weighted by atomic mass is 10.1. The van der Waals surface area contributed by atoms with Gasteiger partial charge in [-0.25, -0.2) is 0 Å². The zero-order chi connectivity index (χ0) is 19.8. The SMILES string of the molecule is O=CC1CN(Cc2cc3cc(Cl)ccc3[nH]2)CCN1Cc1cc2cnccc2[nH]1. The standard InChI is InChI=1S/C22H22ClN5O/c23-17-1-2-21-15(7-17)8-18(25-21)11-27-5-6-28(20(13-27)14-29)12-19-9-16-10-24-4-3-22(16)26-19/h1-4,7-10,14,20,25-26H,5-6,11-13H2. The molecule has 2 N–H and O–H groups in total. The first-order chi connectivity index (χ1) is 14.2. The van der Waals surface area contributed by atoms with Gasteiger partial charge in [0.2, 0.25) is 0 Å². The number of halogens is 1. The van der Waals surface area contributed by atoms with Crippen LogP contribution in [0.2, 0.25) is 5.02 Å². The van der Waals surface area contributed by atoms with Crippen molar-refractivity contribution < 1.29 is 4.79 Å². The van der Waals surface area contributed by atoms with Gasteiger partial charge in [0.15, 0.2) is 0 Å². The number of hydrogen-bond acceptors (Lipinski definition) is 4. The fourth-order valence-electron chi connectivity index (χ4n) is 4.20. The van der Waals surface area contributed by atoms with Crippen molar-refractivity contribution in [2.24, 2.45) is 0 Å². The monoisotopic (exact) mass is 407 g/mol. The van der Waals surface area contributed by atoms with Crippen LogP contribution in [0.3, 0.4) is 0 Å². The Morgan fingerprint density at radius 2 is 1.83 bits per heavy atom. The third-order valence-electron chi connectivity index (χ3n) is 5.66. The van der Waals surface area contributed by atoms with E-state index in [9.17, 15) is 4.79 Å². The zero-order valence-electron chi connectivity index (χ0n) is 15.9. The largest absolute Gasteiger partial charge is 0.357 e. The first kappa shape index (κ1) is 18.4. The van der Waals surface area contributed by atoms with Gasteiger partial charge in [0.25, 0.3) is 0 Å². The molecule has 0 saturated carbocycles. The van der Waals surface area contributed by atoms with Crippen molar-refractivity contribution in [1.29, 1.82) is 0 Å². The van der Waals surface area contributed by atoms with Crippen molar-refractivity contribution in [2.75, 3.05) is 19.6 Å². The van der Waals surface area contributed by atoms with Crippen LogP contribution < -0.4 is 0 Å². The Balaban J connectivity index is 1.26. The number of aromatic nitrogens is 3. The maximum Gasteiger partial charge on any atom is 0.138 e. The van der Waals surface area contributed by atoms with Gasteiger partial charge in [-0.3, -0.25) is 14.8 Å². The van der Waals surface area contributed by atoms with Crippen LogP contribution in [0.15, 0.2) is 48.8 Å². The van der Waals surface area contributed by atoms with E-state index in [0.29, 0.717) is 0 Å². The quantitative estimate of drug-likeness (QED) is 0.496. The molecule has 6 nitrogen and oxygen atoms in total. The molecule has 4 heterocycles. The van der Waals surface area contributed by atoms with Crippen LogP contribution in [0.25, 0.3) is 21.8 Å². The summed E-state index contributed by atoms with van der Waals surface area (Å²) in [6.45, 7) is 4.02. The van der Waals surface area contributed by atoms with Crippen LogP contribution in [0, 0.1) is 0 Å². The molecule has 1 aromatic carbocycles. The second-order valence-corrected chi connectivity index (χ2v) is 8.13. The maximum absolute atomic E-state index is 11.8. The van der Waals surface area contributed by atoms with Crippen molar-refractivity contribution in [3.63, 3.8) is 0 Å². The third kappa shape index (κ3) is 3.79. The summed E-state index contributed by atoms with van der Waals surface area (Å²) in [6, 6.07) is 12.0. The molecule has 1 fully saturated rings. The van der Waals surface area contributed by atoms with E-state index < -0.39 is 0 Å². The number of fused-ring (bicyclic) bond motifs is 2. The molecule has 0 bridgehead atoms. The molecule has 1 aliphatic rings. The van der Waals surface area contributed by atoms with E-state index in [-0.39, 0.29) is 6.04 Å². The minimum Gasteiger partial charge on any atom is -0.357 e. The summed E-state index contributed by atoms with van der Waals surface area (Å²) in [6.07, 6.45) is 4.72.